The first-order valence-corrected chi connectivity index (χ1v) is 8.88. The maximum atomic E-state index is 15.1. The summed E-state index contributed by atoms with van der Waals surface area (Å²) in [4.78, 5) is 28.0. The number of nitrogens with zero attached hydrogens (tertiary/aromatic N) is 3. The molecule has 0 spiro atoms. The molecule has 1 saturated heterocycles. The highest BCUT2D eigenvalue weighted by Crippen LogP contribution is 2.39. The molecule has 1 aromatic heterocycles. The summed E-state index contributed by atoms with van der Waals surface area (Å²) in [6, 6.07) is 1.43. The molecule has 0 saturated carbocycles. The van der Waals surface area contributed by atoms with E-state index in [2.05, 4.69) is 4.90 Å². The van der Waals surface area contributed by atoms with Gasteiger partial charge in [-0.05, 0) is 33.5 Å². The van der Waals surface area contributed by atoms with E-state index >= 15 is 4.39 Å². The van der Waals surface area contributed by atoms with Crippen LogP contribution in [0.4, 0.5) is 10.1 Å². The monoisotopic (exact) mass is 377 g/mol. The van der Waals surface area contributed by atoms with Crippen LogP contribution in [-0.2, 0) is 6.54 Å². The second kappa shape index (κ2) is 7.19. The lowest BCUT2D eigenvalue weighted by Gasteiger charge is -2.25. The first-order chi connectivity index (χ1) is 12.8. The SMILES string of the molecule is CCn1cc(C(=O)O)c(=O)c2cc(F)c(N3CCC(N(C)C)C3)c(OC)c21. The molecule has 146 valence electrons. The van der Waals surface area contributed by atoms with Crippen LogP contribution in [0.15, 0.2) is 17.1 Å². The van der Waals surface area contributed by atoms with Crippen molar-refractivity contribution >= 4 is 22.6 Å². The zero-order valence-corrected chi connectivity index (χ0v) is 16.0. The Labute approximate surface area is 156 Å². The molecule has 2 heterocycles. The Hall–Kier alpha value is -2.61. The van der Waals surface area contributed by atoms with Crippen molar-refractivity contribution in [1.82, 2.24) is 9.47 Å². The van der Waals surface area contributed by atoms with Crippen LogP contribution >= 0.6 is 0 Å². The van der Waals surface area contributed by atoms with Crippen LogP contribution in [0.3, 0.4) is 0 Å². The molecule has 7 nitrogen and oxygen atoms in total. The van der Waals surface area contributed by atoms with Gasteiger partial charge in [-0.15, -0.1) is 0 Å². The number of anilines is 1. The van der Waals surface area contributed by atoms with Crippen molar-refractivity contribution in [1.29, 1.82) is 0 Å². The van der Waals surface area contributed by atoms with Gasteiger partial charge in [0.05, 0.1) is 18.0 Å². The molecule has 0 bridgehead atoms. The largest absolute Gasteiger partial charge is 0.492 e. The van der Waals surface area contributed by atoms with E-state index in [0.29, 0.717) is 36.9 Å². The molecule has 1 N–H and O–H groups in total. The highest BCUT2D eigenvalue weighted by Gasteiger charge is 2.30. The van der Waals surface area contributed by atoms with Crippen LogP contribution in [0.2, 0.25) is 0 Å². The maximum absolute atomic E-state index is 15.1. The van der Waals surface area contributed by atoms with Crippen molar-refractivity contribution in [3.05, 3.63) is 33.9 Å². The van der Waals surface area contributed by atoms with E-state index in [0.717, 1.165) is 12.5 Å². The Morgan fingerprint density at radius 1 is 1.44 bits per heavy atom. The van der Waals surface area contributed by atoms with Crippen molar-refractivity contribution in [2.45, 2.75) is 25.9 Å². The standard InChI is InChI=1S/C19H24FN3O4/c1-5-22-10-13(19(25)26)17(24)12-8-14(20)16(18(27-4)15(12)22)23-7-6-11(9-23)21(2)3/h8,10-11H,5-7,9H2,1-4H3,(H,25,26). The van der Waals surface area contributed by atoms with Crippen LogP contribution in [0.1, 0.15) is 23.7 Å². The highest BCUT2D eigenvalue weighted by atomic mass is 19.1. The first kappa shape index (κ1) is 19.2. The Morgan fingerprint density at radius 2 is 2.15 bits per heavy atom. The number of hydrogen-bond acceptors (Lipinski definition) is 5. The molecule has 2 aromatic rings. The molecule has 3 rings (SSSR count). The quantitative estimate of drug-likeness (QED) is 0.859. The smallest absolute Gasteiger partial charge is 0.341 e. The summed E-state index contributed by atoms with van der Waals surface area (Å²) in [5.41, 5.74) is -0.357. The van der Waals surface area contributed by atoms with Gasteiger partial charge in [-0.2, -0.15) is 0 Å². The van der Waals surface area contributed by atoms with Crippen molar-refractivity contribution in [2.24, 2.45) is 0 Å². The number of aromatic nitrogens is 1. The second-order valence-electron chi connectivity index (χ2n) is 6.95. The molecule has 27 heavy (non-hydrogen) atoms. The van der Waals surface area contributed by atoms with E-state index in [4.69, 9.17) is 4.74 Å². The number of fused-ring (bicyclic) bond motifs is 1. The van der Waals surface area contributed by atoms with E-state index in [-0.39, 0.29) is 16.7 Å². The normalized spacial score (nSPS) is 17.1. The summed E-state index contributed by atoms with van der Waals surface area (Å²) < 4.78 is 22.2. The molecule has 0 radical (unpaired) electrons. The number of hydrogen-bond donors (Lipinski definition) is 1. The molecular weight excluding hydrogens is 353 g/mol. The molecule has 1 fully saturated rings. The van der Waals surface area contributed by atoms with E-state index in [1.165, 1.54) is 13.3 Å². The molecule has 1 aliphatic rings. The number of methoxy groups -OCH3 is 1. The van der Waals surface area contributed by atoms with Crippen molar-refractivity contribution in [3.8, 4) is 5.75 Å². The number of halogens is 1. The van der Waals surface area contributed by atoms with Gasteiger partial charge in [-0.3, -0.25) is 4.79 Å². The minimum atomic E-state index is -1.33. The Balaban J connectivity index is 2.29. The number of carbonyl (C=O) groups is 1. The van der Waals surface area contributed by atoms with Gasteiger partial charge in [0, 0.05) is 31.9 Å². The molecule has 1 atom stereocenters. The Kier molecular flexibility index (Phi) is 5.10. The van der Waals surface area contributed by atoms with E-state index in [1.807, 2.05) is 25.9 Å². The predicted octanol–water partition coefficient (Wildman–Crippen LogP) is 2.01. The summed E-state index contributed by atoms with van der Waals surface area (Å²) >= 11 is 0. The summed E-state index contributed by atoms with van der Waals surface area (Å²) in [7, 11) is 5.42. The van der Waals surface area contributed by atoms with Crippen LogP contribution in [-0.4, -0.2) is 60.9 Å². The summed E-state index contributed by atoms with van der Waals surface area (Å²) in [6.45, 7) is 3.56. The van der Waals surface area contributed by atoms with Crippen LogP contribution in [0.25, 0.3) is 10.9 Å². The number of rotatable bonds is 5. The number of pyridine rings is 1. The average Bonchev–Trinajstić information content (AvgIpc) is 3.11. The number of ether oxygens (including phenoxy) is 1. The van der Waals surface area contributed by atoms with E-state index < -0.39 is 17.2 Å². The molecular formula is C19H24FN3O4. The molecule has 8 heteroatoms. The van der Waals surface area contributed by atoms with E-state index in [9.17, 15) is 14.7 Å². The molecule has 1 aliphatic heterocycles. The van der Waals surface area contributed by atoms with Crippen molar-refractivity contribution < 1.29 is 19.0 Å². The minimum Gasteiger partial charge on any atom is -0.492 e. The number of aryl methyl sites for hydroxylation is 1. The Bertz CT molecular complexity index is 954. The highest BCUT2D eigenvalue weighted by molar-refractivity contribution is 5.97. The van der Waals surface area contributed by atoms with Gasteiger partial charge in [-0.1, -0.05) is 0 Å². The van der Waals surface area contributed by atoms with Gasteiger partial charge >= 0.3 is 5.97 Å². The van der Waals surface area contributed by atoms with Gasteiger partial charge in [-0.25, -0.2) is 9.18 Å². The van der Waals surface area contributed by atoms with E-state index in [1.54, 1.807) is 4.57 Å². The van der Waals surface area contributed by atoms with Crippen LogP contribution in [0.5, 0.6) is 5.75 Å². The van der Waals surface area contributed by atoms with Crippen LogP contribution < -0.4 is 15.1 Å². The number of likely N-dealkylation sites (N-methyl/N-ethyl adjacent to an activating group) is 1. The lowest BCUT2D eigenvalue weighted by atomic mass is 10.1. The van der Waals surface area contributed by atoms with Gasteiger partial charge in [0.15, 0.2) is 11.6 Å². The molecule has 0 aliphatic carbocycles. The van der Waals surface area contributed by atoms with Gasteiger partial charge in [0.25, 0.3) is 0 Å². The third-order valence-corrected chi connectivity index (χ3v) is 5.23. The minimum absolute atomic E-state index is 0.0122. The Morgan fingerprint density at radius 3 is 2.67 bits per heavy atom. The summed E-state index contributed by atoms with van der Waals surface area (Å²) in [6.07, 6.45) is 2.19. The zero-order chi connectivity index (χ0) is 19.9. The third kappa shape index (κ3) is 3.14. The summed E-state index contributed by atoms with van der Waals surface area (Å²) in [5, 5.41) is 9.31. The average molecular weight is 377 g/mol. The number of carboxylic acids is 1. The van der Waals surface area contributed by atoms with Crippen molar-refractivity contribution in [3.63, 3.8) is 0 Å². The maximum Gasteiger partial charge on any atom is 0.341 e. The molecule has 1 aromatic carbocycles. The number of carboxylic acid groups (broad SMARTS) is 1. The fraction of sp³-hybridized carbons (Fsp3) is 0.474. The third-order valence-electron chi connectivity index (χ3n) is 5.23. The second-order valence-corrected chi connectivity index (χ2v) is 6.95. The first-order valence-electron chi connectivity index (χ1n) is 8.88. The van der Waals surface area contributed by atoms with Crippen molar-refractivity contribution in [2.75, 3.05) is 39.2 Å². The molecule has 0 amide bonds. The topological polar surface area (TPSA) is 75.0 Å². The zero-order valence-electron chi connectivity index (χ0n) is 16.0. The molecule has 1 unspecified atom stereocenters. The van der Waals surface area contributed by atoms with Gasteiger partial charge in [0.2, 0.25) is 5.43 Å². The lowest BCUT2D eigenvalue weighted by molar-refractivity contribution is 0.0695. The summed E-state index contributed by atoms with van der Waals surface area (Å²) in [5.74, 6) is -1.65. The predicted molar refractivity (Wildman–Crippen MR) is 102 cm³/mol. The number of benzene rings is 1. The number of aromatic carboxylic acids is 1. The fourth-order valence-corrected chi connectivity index (χ4v) is 3.74. The fourth-order valence-electron chi connectivity index (χ4n) is 3.74. The van der Waals surface area contributed by atoms with Gasteiger partial charge in [0.1, 0.15) is 11.3 Å². The van der Waals surface area contributed by atoms with Crippen LogP contribution in [0, 0.1) is 5.82 Å². The lowest BCUT2D eigenvalue weighted by Crippen LogP contribution is -2.32. The van der Waals surface area contributed by atoms with Gasteiger partial charge < -0.3 is 24.2 Å².